The molecule has 0 unspecified atom stereocenters. The zero-order chi connectivity index (χ0) is 16.3. The monoisotopic (exact) mass is 328 g/mol. The van der Waals surface area contributed by atoms with E-state index < -0.39 is 0 Å². The molecule has 4 rings (SSSR count). The van der Waals surface area contributed by atoms with E-state index >= 15 is 0 Å². The van der Waals surface area contributed by atoms with Crippen molar-refractivity contribution in [1.82, 2.24) is 0 Å². The topological polar surface area (TPSA) is 9.23 Å². The zero-order valence-electron chi connectivity index (χ0n) is 14.8. The summed E-state index contributed by atoms with van der Waals surface area (Å²) in [6.07, 6.45) is 8.12. The van der Waals surface area contributed by atoms with Crippen LogP contribution < -0.4 is 0 Å². The van der Waals surface area contributed by atoms with Crippen molar-refractivity contribution in [3.63, 3.8) is 0 Å². The fourth-order valence-electron chi connectivity index (χ4n) is 6.19. The summed E-state index contributed by atoms with van der Waals surface area (Å²) >= 11 is 1.97. The van der Waals surface area contributed by atoms with E-state index in [1.54, 1.807) is 4.91 Å². The van der Waals surface area contributed by atoms with E-state index in [1.165, 1.54) is 24.2 Å². The molecule has 5 atom stereocenters. The molecule has 2 fully saturated rings. The van der Waals surface area contributed by atoms with Crippen LogP contribution in [0.5, 0.6) is 0 Å². The second-order valence-electron chi connectivity index (χ2n) is 8.38. The Kier molecular flexibility index (Phi) is 3.52. The van der Waals surface area contributed by atoms with E-state index in [0.717, 1.165) is 6.42 Å². The highest BCUT2D eigenvalue weighted by molar-refractivity contribution is 8.03. The average Bonchev–Trinajstić information content (AvgIpc) is 2.91. The first kappa shape index (κ1) is 15.8. The number of rotatable bonds is 3. The lowest BCUT2D eigenvalue weighted by Gasteiger charge is -2.46. The van der Waals surface area contributed by atoms with Gasteiger partial charge in [0.15, 0.2) is 0 Å². The number of thioether (sulfide) groups is 1. The van der Waals surface area contributed by atoms with Crippen molar-refractivity contribution in [3.8, 4) is 0 Å². The van der Waals surface area contributed by atoms with E-state index in [1.807, 2.05) is 18.9 Å². The molecule has 0 saturated heterocycles. The maximum Gasteiger partial charge on any atom is 0.0712 e. The number of hydrogen-bond donors (Lipinski definition) is 0. The maximum atomic E-state index is 6.16. The highest BCUT2D eigenvalue weighted by atomic mass is 32.2. The van der Waals surface area contributed by atoms with Crippen molar-refractivity contribution in [2.75, 3.05) is 7.11 Å². The Balaban J connectivity index is 1.78. The lowest BCUT2D eigenvalue weighted by atomic mass is 9.59. The first-order chi connectivity index (χ1) is 11.0. The SMILES string of the molecule is CO[C@@H]1[C@@H]2C(Sc3ccccc3)=CC[C@@]1(C)[C@@]1(C)CCC[C@@]21C. The molecular formula is C21H28OS. The van der Waals surface area contributed by atoms with Crippen molar-refractivity contribution in [2.45, 2.75) is 57.5 Å². The normalized spacial score (nSPS) is 45.0. The molecule has 1 aromatic carbocycles. The molecule has 1 nitrogen and oxygen atoms in total. The third-order valence-corrected chi connectivity index (χ3v) is 8.94. The lowest BCUT2D eigenvalue weighted by molar-refractivity contribution is -0.0456. The van der Waals surface area contributed by atoms with Gasteiger partial charge in [-0.05, 0) is 47.1 Å². The van der Waals surface area contributed by atoms with Gasteiger partial charge in [-0.1, -0.05) is 63.2 Å². The summed E-state index contributed by atoms with van der Waals surface area (Å²) in [5.41, 5.74) is 1.03. The Bertz CT molecular complexity index is 639. The summed E-state index contributed by atoms with van der Waals surface area (Å²) in [6.45, 7) is 7.59. The first-order valence-corrected chi connectivity index (χ1v) is 9.74. The van der Waals surface area contributed by atoms with E-state index in [4.69, 9.17) is 4.74 Å². The fraction of sp³-hybridized carbons (Fsp3) is 0.619. The van der Waals surface area contributed by atoms with Crippen LogP contribution >= 0.6 is 11.8 Å². The average molecular weight is 329 g/mol. The van der Waals surface area contributed by atoms with E-state index in [0.29, 0.717) is 22.9 Å². The van der Waals surface area contributed by atoms with Crippen molar-refractivity contribution < 1.29 is 4.74 Å². The molecule has 2 bridgehead atoms. The molecule has 0 aromatic heterocycles. The van der Waals surface area contributed by atoms with Gasteiger partial charge in [-0.15, -0.1) is 0 Å². The zero-order valence-corrected chi connectivity index (χ0v) is 15.6. The summed E-state index contributed by atoms with van der Waals surface area (Å²) in [5.74, 6) is 0.545. The van der Waals surface area contributed by atoms with Crippen LogP contribution in [0.2, 0.25) is 0 Å². The van der Waals surface area contributed by atoms with Gasteiger partial charge in [0.2, 0.25) is 0 Å². The first-order valence-electron chi connectivity index (χ1n) is 8.92. The van der Waals surface area contributed by atoms with Crippen molar-refractivity contribution in [2.24, 2.45) is 22.2 Å². The van der Waals surface area contributed by atoms with Crippen LogP contribution in [0, 0.1) is 22.2 Å². The molecular weight excluding hydrogens is 300 g/mol. The Hall–Kier alpha value is -0.730. The third kappa shape index (κ3) is 1.85. The van der Waals surface area contributed by atoms with Gasteiger partial charge < -0.3 is 4.74 Å². The third-order valence-electron chi connectivity index (χ3n) is 7.78. The molecule has 0 N–H and O–H groups in total. The highest BCUT2D eigenvalue weighted by Gasteiger charge is 2.73. The second kappa shape index (κ2) is 5.13. The Labute approximate surface area is 144 Å². The van der Waals surface area contributed by atoms with E-state index in [2.05, 4.69) is 57.2 Å². The van der Waals surface area contributed by atoms with Gasteiger partial charge in [-0.2, -0.15) is 0 Å². The molecule has 0 aliphatic heterocycles. The number of allylic oxidation sites excluding steroid dienone is 1. The van der Waals surface area contributed by atoms with Gasteiger partial charge in [0.25, 0.3) is 0 Å². The minimum absolute atomic E-state index is 0.276. The summed E-state index contributed by atoms with van der Waals surface area (Å²) in [7, 11) is 1.93. The Morgan fingerprint density at radius 2 is 1.78 bits per heavy atom. The molecule has 0 heterocycles. The minimum Gasteiger partial charge on any atom is -0.380 e. The van der Waals surface area contributed by atoms with Crippen molar-refractivity contribution in [3.05, 3.63) is 41.3 Å². The van der Waals surface area contributed by atoms with Crippen LogP contribution in [-0.2, 0) is 4.74 Å². The lowest BCUT2D eigenvalue weighted by Crippen LogP contribution is -2.43. The fourth-order valence-corrected chi connectivity index (χ4v) is 7.44. The molecule has 23 heavy (non-hydrogen) atoms. The van der Waals surface area contributed by atoms with Crippen molar-refractivity contribution in [1.29, 1.82) is 0 Å². The largest absolute Gasteiger partial charge is 0.380 e. The molecule has 3 aliphatic rings. The summed E-state index contributed by atoms with van der Waals surface area (Å²) in [6, 6.07) is 10.8. The Morgan fingerprint density at radius 3 is 2.48 bits per heavy atom. The molecule has 3 aliphatic carbocycles. The number of ether oxygens (including phenoxy) is 1. The molecule has 2 heteroatoms. The van der Waals surface area contributed by atoms with Gasteiger partial charge in [0.1, 0.15) is 0 Å². The highest BCUT2D eigenvalue weighted by Crippen LogP contribution is 2.77. The molecule has 2 saturated carbocycles. The van der Waals surface area contributed by atoms with Gasteiger partial charge in [0.05, 0.1) is 6.10 Å². The van der Waals surface area contributed by atoms with Gasteiger partial charge >= 0.3 is 0 Å². The van der Waals surface area contributed by atoms with Crippen LogP contribution in [0.4, 0.5) is 0 Å². The summed E-state index contributed by atoms with van der Waals surface area (Å²) in [4.78, 5) is 2.90. The summed E-state index contributed by atoms with van der Waals surface area (Å²) < 4.78 is 6.16. The smallest absolute Gasteiger partial charge is 0.0712 e. The number of fused-ring (bicyclic) bond motifs is 5. The van der Waals surface area contributed by atoms with Crippen LogP contribution in [0.3, 0.4) is 0 Å². The predicted molar refractivity (Wildman–Crippen MR) is 97.5 cm³/mol. The van der Waals surface area contributed by atoms with Crippen LogP contribution in [0.25, 0.3) is 0 Å². The number of methoxy groups -OCH3 is 1. The molecule has 1 aromatic rings. The molecule has 0 radical (unpaired) electrons. The van der Waals surface area contributed by atoms with Gasteiger partial charge in [-0.3, -0.25) is 0 Å². The van der Waals surface area contributed by atoms with E-state index in [9.17, 15) is 0 Å². The Morgan fingerprint density at radius 1 is 1.04 bits per heavy atom. The van der Waals surface area contributed by atoms with Crippen molar-refractivity contribution >= 4 is 11.8 Å². The van der Waals surface area contributed by atoms with Gasteiger partial charge in [-0.25, -0.2) is 0 Å². The van der Waals surface area contributed by atoms with Crippen LogP contribution in [0.1, 0.15) is 46.5 Å². The molecule has 0 amide bonds. The molecule has 0 spiro atoms. The van der Waals surface area contributed by atoms with E-state index in [-0.39, 0.29) is 5.41 Å². The quantitative estimate of drug-likeness (QED) is 0.681. The van der Waals surface area contributed by atoms with Crippen LogP contribution in [0.15, 0.2) is 46.2 Å². The number of benzene rings is 1. The number of hydrogen-bond acceptors (Lipinski definition) is 2. The standard InChI is InChI=1S/C21H28OS/c1-19-12-8-13-21(19,3)20(2)14-11-16(17(19)18(20)22-4)23-15-9-6-5-7-10-15/h5-7,9-11,17-18H,8,12-14H2,1-4H3/t17-,18+,19-,20+,21-/m0/s1. The van der Waals surface area contributed by atoms with Crippen LogP contribution in [-0.4, -0.2) is 13.2 Å². The molecule has 124 valence electrons. The minimum atomic E-state index is 0.276. The maximum absolute atomic E-state index is 6.16. The summed E-state index contributed by atoms with van der Waals surface area (Å²) in [5, 5.41) is 0. The second-order valence-corrected chi connectivity index (χ2v) is 9.53. The van der Waals surface area contributed by atoms with Gasteiger partial charge in [0, 0.05) is 23.3 Å². The predicted octanol–water partition coefficient (Wildman–Crippen LogP) is 5.91.